The van der Waals surface area contributed by atoms with Gasteiger partial charge in [0.05, 0.1) is 6.10 Å². The van der Waals surface area contributed by atoms with Crippen LogP contribution in [0.5, 0.6) is 0 Å². The van der Waals surface area contributed by atoms with Gasteiger partial charge in [-0.05, 0) is 12.8 Å². The van der Waals surface area contributed by atoms with E-state index >= 15 is 0 Å². The molecule has 0 aliphatic carbocycles. The first-order valence-corrected chi connectivity index (χ1v) is 6.80. The molecule has 1 aliphatic heterocycles. The molecule has 1 fully saturated rings. The van der Waals surface area contributed by atoms with Crippen molar-refractivity contribution in [2.45, 2.75) is 30.5 Å². The molecule has 0 amide bonds. The molecule has 0 bridgehead atoms. The third-order valence-electron chi connectivity index (χ3n) is 1.64. The van der Waals surface area contributed by atoms with Crippen LogP contribution in [0, 0.1) is 0 Å². The molecular formula is C7H15AlO2. The van der Waals surface area contributed by atoms with Gasteiger partial charge in [0.25, 0.3) is 0 Å². The van der Waals surface area contributed by atoms with Crippen LogP contribution in [0.3, 0.4) is 0 Å². The van der Waals surface area contributed by atoms with Gasteiger partial charge in [-0.2, -0.15) is 0 Å². The van der Waals surface area contributed by atoms with E-state index in [2.05, 4.69) is 11.6 Å². The van der Waals surface area contributed by atoms with E-state index in [0.29, 0.717) is 6.10 Å². The molecule has 1 rings (SSSR count). The molecular weight excluding hydrogens is 143 g/mol. The smallest absolute Gasteiger partial charge is 0.454 e. The van der Waals surface area contributed by atoms with Crippen molar-refractivity contribution in [3.63, 3.8) is 0 Å². The van der Waals surface area contributed by atoms with Crippen LogP contribution in [0.25, 0.3) is 0 Å². The van der Waals surface area contributed by atoms with Crippen molar-refractivity contribution < 1.29 is 8.53 Å². The van der Waals surface area contributed by atoms with Gasteiger partial charge in [-0.15, -0.1) is 0 Å². The van der Waals surface area contributed by atoms with Crippen LogP contribution in [-0.2, 0) is 8.53 Å². The second-order valence-corrected chi connectivity index (χ2v) is 5.45. The standard InChI is InChI=1S/C5H9O2.2CH3.Al/c6-4-5-2-1-3-7-5;;;/h5H,1-4H2;2*1H3;/q-1;;;+1. The highest BCUT2D eigenvalue weighted by atomic mass is 27.2. The number of hydrogen-bond acceptors (Lipinski definition) is 2. The third-order valence-corrected chi connectivity index (χ3v) is 2.50. The largest absolute Gasteiger partial charge is 0.499 e. The Morgan fingerprint density at radius 1 is 1.60 bits per heavy atom. The van der Waals surface area contributed by atoms with Gasteiger partial charge in [-0.25, -0.2) is 0 Å². The SMILES string of the molecule is [CH3][Al]([CH3])[O]CC1CCCO1. The van der Waals surface area contributed by atoms with E-state index in [1.165, 1.54) is 12.8 Å². The molecule has 2 nitrogen and oxygen atoms in total. The van der Waals surface area contributed by atoms with E-state index in [1.54, 1.807) is 0 Å². The summed E-state index contributed by atoms with van der Waals surface area (Å²) in [4.78, 5) is 0. The van der Waals surface area contributed by atoms with Gasteiger partial charge in [-0.1, -0.05) is 11.6 Å². The lowest BCUT2D eigenvalue weighted by atomic mass is 10.2. The van der Waals surface area contributed by atoms with Crippen molar-refractivity contribution in [1.29, 1.82) is 0 Å². The fourth-order valence-electron chi connectivity index (χ4n) is 1.08. The van der Waals surface area contributed by atoms with Crippen molar-refractivity contribution in [3.05, 3.63) is 0 Å². The molecule has 1 saturated heterocycles. The van der Waals surface area contributed by atoms with E-state index in [4.69, 9.17) is 8.53 Å². The summed E-state index contributed by atoms with van der Waals surface area (Å²) < 4.78 is 10.9. The van der Waals surface area contributed by atoms with Crippen LogP contribution < -0.4 is 0 Å². The molecule has 0 saturated carbocycles. The maximum absolute atomic E-state index is 5.54. The van der Waals surface area contributed by atoms with E-state index in [9.17, 15) is 0 Å². The zero-order valence-electron chi connectivity index (χ0n) is 6.80. The zero-order valence-corrected chi connectivity index (χ0v) is 7.95. The Morgan fingerprint density at radius 2 is 2.40 bits per heavy atom. The normalized spacial score (nSPS) is 25.2. The summed E-state index contributed by atoms with van der Waals surface area (Å²) in [6.45, 7) is 1.78. The van der Waals surface area contributed by atoms with Crippen LogP contribution in [0.4, 0.5) is 0 Å². The predicted octanol–water partition coefficient (Wildman–Crippen LogP) is 1.43. The molecule has 1 heterocycles. The van der Waals surface area contributed by atoms with E-state index in [0.717, 1.165) is 13.2 Å². The van der Waals surface area contributed by atoms with Crippen LogP contribution >= 0.6 is 0 Å². The number of rotatable bonds is 3. The van der Waals surface area contributed by atoms with Crippen molar-refractivity contribution in [1.82, 2.24) is 0 Å². The molecule has 3 heteroatoms. The fraction of sp³-hybridized carbons (Fsp3) is 1.00. The van der Waals surface area contributed by atoms with Gasteiger partial charge in [0.1, 0.15) is 0 Å². The topological polar surface area (TPSA) is 18.5 Å². The average Bonchev–Trinajstić information content (AvgIpc) is 2.34. The number of hydrogen-bond donors (Lipinski definition) is 0. The first-order chi connectivity index (χ1) is 4.79. The Labute approximate surface area is 67.2 Å². The van der Waals surface area contributed by atoms with Crippen molar-refractivity contribution in [2.75, 3.05) is 13.2 Å². The van der Waals surface area contributed by atoms with E-state index in [1.807, 2.05) is 0 Å². The second kappa shape index (κ2) is 4.36. The lowest BCUT2D eigenvalue weighted by Gasteiger charge is -2.10. The predicted molar refractivity (Wildman–Crippen MR) is 42.4 cm³/mol. The monoisotopic (exact) mass is 158 g/mol. The van der Waals surface area contributed by atoms with E-state index in [-0.39, 0.29) is 0 Å². The quantitative estimate of drug-likeness (QED) is 0.578. The summed E-state index contributed by atoms with van der Waals surface area (Å²) in [7, 11) is 0. The Kier molecular flexibility index (Phi) is 3.72. The van der Waals surface area contributed by atoms with Gasteiger partial charge in [0.2, 0.25) is 0 Å². The summed E-state index contributed by atoms with van der Waals surface area (Å²) in [5.41, 5.74) is 0. The lowest BCUT2D eigenvalue weighted by Crippen LogP contribution is -2.19. The summed E-state index contributed by atoms with van der Waals surface area (Å²) in [5, 5.41) is 0. The molecule has 0 N–H and O–H groups in total. The first kappa shape index (κ1) is 8.55. The minimum absolute atomic E-state index is 0.412. The second-order valence-electron chi connectivity index (χ2n) is 3.02. The van der Waals surface area contributed by atoms with Crippen molar-refractivity contribution in [2.24, 2.45) is 0 Å². The van der Waals surface area contributed by atoms with Crippen LogP contribution in [-0.4, -0.2) is 33.8 Å². The molecule has 58 valence electrons. The van der Waals surface area contributed by atoms with Crippen molar-refractivity contribution >= 4 is 14.5 Å². The Balaban J connectivity index is 2.01. The van der Waals surface area contributed by atoms with Gasteiger partial charge in [-0.3, -0.25) is 0 Å². The summed E-state index contributed by atoms with van der Waals surface area (Å²) in [5.74, 6) is 4.38. The van der Waals surface area contributed by atoms with E-state index < -0.39 is 14.5 Å². The maximum Gasteiger partial charge on any atom is 0.454 e. The molecule has 0 radical (unpaired) electrons. The van der Waals surface area contributed by atoms with Crippen LogP contribution in [0.1, 0.15) is 12.8 Å². The molecule has 0 aromatic rings. The Bertz CT molecular complexity index is 89.6. The van der Waals surface area contributed by atoms with Gasteiger partial charge in [0, 0.05) is 13.2 Å². The third kappa shape index (κ3) is 3.03. The van der Waals surface area contributed by atoms with Gasteiger partial charge < -0.3 is 8.53 Å². The zero-order chi connectivity index (χ0) is 7.40. The highest BCUT2D eigenvalue weighted by molar-refractivity contribution is 6.48. The summed E-state index contributed by atoms with van der Waals surface area (Å²) in [6.07, 6.45) is 2.82. The highest BCUT2D eigenvalue weighted by Gasteiger charge is 2.16. The molecule has 0 aromatic carbocycles. The van der Waals surface area contributed by atoms with Crippen LogP contribution in [0.15, 0.2) is 0 Å². The summed E-state index contributed by atoms with van der Waals surface area (Å²) >= 11 is -0.807. The molecule has 0 aromatic heterocycles. The fourth-order valence-corrected chi connectivity index (χ4v) is 1.68. The maximum atomic E-state index is 5.54. The summed E-state index contributed by atoms with van der Waals surface area (Å²) in [6, 6.07) is 0. The number of ether oxygens (including phenoxy) is 1. The van der Waals surface area contributed by atoms with Crippen molar-refractivity contribution in [3.8, 4) is 0 Å². The lowest BCUT2D eigenvalue weighted by molar-refractivity contribution is 0.0677. The highest BCUT2D eigenvalue weighted by Crippen LogP contribution is 2.11. The molecule has 1 unspecified atom stereocenters. The minimum atomic E-state index is -0.807. The Hall–Kier alpha value is 0.452. The van der Waals surface area contributed by atoms with Gasteiger partial charge >= 0.3 is 14.5 Å². The molecule has 1 aliphatic rings. The average molecular weight is 158 g/mol. The first-order valence-electron chi connectivity index (χ1n) is 4.02. The minimum Gasteiger partial charge on any atom is -0.499 e. The van der Waals surface area contributed by atoms with Crippen LogP contribution in [0.2, 0.25) is 11.6 Å². The molecule has 0 spiro atoms. The van der Waals surface area contributed by atoms with Gasteiger partial charge in [0.15, 0.2) is 0 Å². The molecule has 1 atom stereocenters. The Morgan fingerprint density at radius 3 is 2.90 bits per heavy atom. The molecule has 10 heavy (non-hydrogen) atoms.